The Bertz CT molecular complexity index is 2800. The van der Waals surface area contributed by atoms with Crippen molar-refractivity contribution in [2.75, 3.05) is 0 Å². The Morgan fingerprint density at radius 3 is 1.26 bits per heavy atom. The highest BCUT2D eigenvalue weighted by atomic mass is 15.0. The van der Waals surface area contributed by atoms with E-state index in [-0.39, 0.29) is 0 Å². The molecule has 0 saturated heterocycles. The minimum atomic E-state index is 0.651. The van der Waals surface area contributed by atoms with Crippen LogP contribution in [0.1, 0.15) is 0 Å². The van der Waals surface area contributed by atoms with Crippen LogP contribution in [0.3, 0.4) is 0 Å². The normalized spacial score (nSPS) is 11.6. The van der Waals surface area contributed by atoms with Gasteiger partial charge in [0.25, 0.3) is 0 Å². The number of rotatable bonds is 5. The van der Waals surface area contributed by atoms with Crippen LogP contribution >= 0.6 is 0 Å². The lowest BCUT2D eigenvalue weighted by Crippen LogP contribution is -1.98. The summed E-state index contributed by atoms with van der Waals surface area (Å²) < 4.78 is 4.68. The topological polar surface area (TPSA) is 61.4 Å². The van der Waals surface area contributed by atoms with E-state index in [2.05, 4.69) is 163 Å². The number of hydrogen-bond acceptors (Lipinski definition) is 4. The van der Waals surface area contributed by atoms with Gasteiger partial charge in [-0.15, -0.1) is 0 Å². The molecule has 234 valence electrons. The molecule has 0 N–H and O–H groups in total. The third-order valence-electron chi connectivity index (χ3n) is 9.52. The Morgan fingerprint density at radius 1 is 0.300 bits per heavy atom. The van der Waals surface area contributed by atoms with Gasteiger partial charge in [0.05, 0.1) is 22.1 Å². The lowest BCUT2D eigenvalue weighted by atomic mass is 10.0. The monoisotopic (exact) mass is 640 g/mol. The first-order valence-corrected chi connectivity index (χ1v) is 16.6. The van der Waals surface area contributed by atoms with E-state index in [1.165, 1.54) is 43.7 Å². The molecular formula is C44H28N6. The number of benzene rings is 6. The summed E-state index contributed by atoms with van der Waals surface area (Å²) in [6.07, 6.45) is 7.08. The average Bonchev–Trinajstić information content (AvgIpc) is 3.71. The van der Waals surface area contributed by atoms with Crippen LogP contribution < -0.4 is 0 Å². The third kappa shape index (κ3) is 4.50. The second kappa shape index (κ2) is 11.4. The standard InChI is InChI=1S/C44H28N6/c1-2-10-33(11-3-1)49-39-14-6-4-12-35(39)37-27-29(16-18-41(37)49)30-17-19-42-38(28-30)36-13-5-7-15-40(36)50(42)34-25-31(43-45-20-8-21-46-43)24-32(26-34)44-47-22-9-23-48-44/h1-28H. The zero-order valence-electron chi connectivity index (χ0n) is 26.8. The number of aromatic nitrogens is 6. The Balaban J connectivity index is 1.17. The summed E-state index contributed by atoms with van der Waals surface area (Å²) in [4.78, 5) is 18.3. The lowest BCUT2D eigenvalue weighted by molar-refractivity contribution is 1.14. The van der Waals surface area contributed by atoms with E-state index in [9.17, 15) is 0 Å². The van der Waals surface area contributed by atoms with E-state index in [0.717, 1.165) is 33.5 Å². The van der Waals surface area contributed by atoms with E-state index < -0.39 is 0 Å². The summed E-state index contributed by atoms with van der Waals surface area (Å²) >= 11 is 0. The van der Waals surface area contributed by atoms with E-state index >= 15 is 0 Å². The van der Waals surface area contributed by atoms with Gasteiger partial charge >= 0.3 is 0 Å². The number of hydrogen-bond donors (Lipinski definition) is 0. The predicted molar refractivity (Wildman–Crippen MR) is 203 cm³/mol. The molecule has 0 aliphatic rings. The summed E-state index contributed by atoms with van der Waals surface area (Å²) in [5, 5.41) is 4.85. The van der Waals surface area contributed by atoms with Crippen molar-refractivity contribution in [2.45, 2.75) is 0 Å². The Kier molecular flexibility index (Phi) is 6.39. The maximum Gasteiger partial charge on any atom is 0.159 e. The summed E-state index contributed by atoms with van der Waals surface area (Å²) in [6, 6.07) is 51.5. The van der Waals surface area contributed by atoms with Crippen molar-refractivity contribution in [1.82, 2.24) is 29.1 Å². The first-order chi connectivity index (χ1) is 24.8. The zero-order valence-corrected chi connectivity index (χ0v) is 26.8. The Hall–Kier alpha value is -6.92. The molecule has 0 unspecified atom stereocenters. The fourth-order valence-electron chi connectivity index (χ4n) is 7.33. The van der Waals surface area contributed by atoms with E-state index in [1.807, 2.05) is 12.1 Å². The fourth-order valence-corrected chi connectivity index (χ4v) is 7.33. The number of nitrogens with zero attached hydrogens (tertiary/aromatic N) is 6. The molecule has 0 fully saturated rings. The molecule has 0 spiro atoms. The third-order valence-corrected chi connectivity index (χ3v) is 9.52. The molecular weight excluding hydrogens is 613 g/mol. The fraction of sp³-hybridized carbons (Fsp3) is 0. The van der Waals surface area contributed by atoms with Crippen LogP contribution in [0, 0.1) is 0 Å². The molecule has 6 aromatic carbocycles. The molecule has 0 bridgehead atoms. The van der Waals surface area contributed by atoms with Crippen LogP contribution in [0.2, 0.25) is 0 Å². The highest BCUT2D eigenvalue weighted by Crippen LogP contribution is 2.39. The molecule has 0 amide bonds. The zero-order chi connectivity index (χ0) is 33.0. The molecule has 50 heavy (non-hydrogen) atoms. The first kappa shape index (κ1) is 28.1. The van der Waals surface area contributed by atoms with Gasteiger partial charge in [0.1, 0.15) is 0 Å². The number of para-hydroxylation sites is 3. The maximum absolute atomic E-state index is 4.57. The second-order valence-corrected chi connectivity index (χ2v) is 12.4. The molecule has 10 rings (SSSR count). The van der Waals surface area contributed by atoms with Gasteiger partial charge in [-0.3, -0.25) is 0 Å². The van der Waals surface area contributed by atoms with Gasteiger partial charge in [0.15, 0.2) is 11.6 Å². The van der Waals surface area contributed by atoms with Gasteiger partial charge in [0.2, 0.25) is 0 Å². The SMILES string of the molecule is c1ccc(-n2c3ccccc3c3cc(-c4ccc5c(c4)c4ccccc4n5-c4cc(-c5ncccn5)cc(-c5ncccn5)c4)ccc32)cc1. The van der Waals surface area contributed by atoms with Gasteiger partial charge in [0, 0.05) is 68.8 Å². The van der Waals surface area contributed by atoms with Crippen molar-refractivity contribution in [3.05, 3.63) is 170 Å². The largest absolute Gasteiger partial charge is 0.309 e. The van der Waals surface area contributed by atoms with Crippen molar-refractivity contribution >= 4 is 43.6 Å². The van der Waals surface area contributed by atoms with E-state index in [4.69, 9.17) is 0 Å². The summed E-state index contributed by atoms with van der Waals surface area (Å²) in [5.74, 6) is 1.30. The number of fused-ring (bicyclic) bond motifs is 6. The first-order valence-electron chi connectivity index (χ1n) is 16.6. The quantitative estimate of drug-likeness (QED) is 0.188. The van der Waals surface area contributed by atoms with Gasteiger partial charge in [-0.05, 0) is 90.0 Å². The molecule has 0 aliphatic carbocycles. The second-order valence-electron chi connectivity index (χ2n) is 12.4. The van der Waals surface area contributed by atoms with Crippen molar-refractivity contribution in [2.24, 2.45) is 0 Å². The highest BCUT2D eigenvalue weighted by Gasteiger charge is 2.18. The van der Waals surface area contributed by atoms with Gasteiger partial charge in [-0.2, -0.15) is 0 Å². The van der Waals surface area contributed by atoms with Crippen LogP contribution in [0.15, 0.2) is 170 Å². The summed E-state index contributed by atoms with van der Waals surface area (Å²) in [7, 11) is 0. The maximum atomic E-state index is 4.57. The molecule has 0 saturated carbocycles. The minimum Gasteiger partial charge on any atom is -0.309 e. The summed E-state index contributed by atoms with van der Waals surface area (Å²) in [5.41, 5.74) is 10.9. The molecule has 10 aromatic rings. The van der Waals surface area contributed by atoms with E-state index in [0.29, 0.717) is 11.6 Å². The summed E-state index contributed by atoms with van der Waals surface area (Å²) in [6.45, 7) is 0. The smallest absolute Gasteiger partial charge is 0.159 e. The Morgan fingerprint density at radius 2 is 0.740 bits per heavy atom. The molecule has 4 heterocycles. The van der Waals surface area contributed by atoms with Crippen LogP contribution in [0.4, 0.5) is 0 Å². The molecule has 0 aliphatic heterocycles. The van der Waals surface area contributed by atoms with Gasteiger partial charge in [-0.25, -0.2) is 19.9 Å². The van der Waals surface area contributed by atoms with Crippen LogP contribution in [-0.4, -0.2) is 29.1 Å². The van der Waals surface area contributed by atoms with E-state index in [1.54, 1.807) is 24.8 Å². The molecule has 0 atom stereocenters. The van der Waals surface area contributed by atoms with Crippen LogP contribution in [0.25, 0.3) is 88.9 Å². The van der Waals surface area contributed by atoms with Crippen LogP contribution in [-0.2, 0) is 0 Å². The highest BCUT2D eigenvalue weighted by molar-refractivity contribution is 6.12. The van der Waals surface area contributed by atoms with Gasteiger partial charge in [-0.1, -0.05) is 66.7 Å². The molecule has 6 nitrogen and oxygen atoms in total. The van der Waals surface area contributed by atoms with Crippen molar-refractivity contribution in [1.29, 1.82) is 0 Å². The average molecular weight is 641 g/mol. The van der Waals surface area contributed by atoms with Gasteiger partial charge < -0.3 is 9.13 Å². The predicted octanol–water partition coefficient (Wildman–Crippen LogP) is 10.5. The minimum absolute atomic E-state index is 0.651. The van der Waals surface area contributed by atoms with Crippen molar-refractivity contribution in [3.63, 3.8) is 0 Å². The van der Waals surface area contributed by atoms with Crippen molar-refractivity contribution < 1.29 is 0 Å². The molecule has 4 aromatic heterocycles. The lowest BCUT2D eigenvalue weighted by Gasteiger charge is -2.13. The van der Waals surface area contributed by atoms with Crippen molar-refractivity contribution in [3.8, 4) is 45.3 Å². The molecule has 6 heteroatoms. The molecule has 0 radical (unpaired) electrons. The van der Waals surface area contributed by atoms with Crippen LogP contribution in [0.5, 0.6) is 0 Å². The Labute approximate surface area is 287 Å².